The first-order valence-corrected chi connectivity index (χ1v) is 9.75. The second-order valence-electron chi connectivity index (χ2n) is 7.46. The van der Waals surface area contributed by atoms with Gasteiger partial charge in [0.2, 0.25) is 0 Å². The average Bonchev–Trinajstić information content (AvgIpc) is 2.92. The highest BCUT2D eigenvalue weighted by atomic mass is 19.1. The maximum atomic E-state index is 15.4. The molecule has 1 aliphatic heterocycles. The number of hydrogen-bond donors (Lipinski definition) is 0. The van der Waals surface area contributed by atoms with Gasteiger partial charge < -0.3 is 9.80 Å². The van der Waals surface area contributed by atoms with Crippen molar-refractivity contribution >= 4 is 22.1 Å². The van der Waals surface area contributed by atoms with Gasteiger partial charge in [0.15, 0.2) is 5.82 Å². The molecule has 0 aliphatic carbocycles. The van der Waals surface area contributed by atoms with Crippen LogP contribution in [0.4, 0.5) is 15.8 Å². The highest BCUT2D eigenvalue weighted by Crippen LogP contribution is 2.37. The maximum Gasteiger partial charge on any atom is 0.154 e. The Labute approximate surface area is 169 Å². The van der Waals surface area contributed by atoms with Crippen molar-refractivity contribution in [1.82, 2.24) is 15.1 Å². The molecule has 0 bridgehead atoms. The number of nitrogens with zero attached hydrogens (tertiary/aromatic N) is 4. The Morgan fingerprint density at radius 3 is 2.62 bits per heavy atom. The van der Waals surface area contributed by atoms with E-state index >= 15 is 4.39 Å². The maximum absolute atomic E-state index is 15.4. The number of rotatable bonds is 2. The molecule has 1 aliphatic rings. The van der Waals surface area contributed by atoms with Crippen LogP contribution in [-0.4, -0.2) is 35.2 Å². The van der Waals surface area contributed by atoms with Crippen LogP contribution in [0.1, 0.15) is 5.56 Å². The lowest BCUT2D eigenvalue weighted by Gasteiger charge is -2.26. The Morgan fingerprint density at radius 1 is 0.897 bits per heavy atom. The van der Waals surface area contributed by atoms with E-state index in [0.717, 1.165) is 47.5 Å². The topological polar surface area (TPSA) is 32.3 Å². The van der Waals surface area contributed by atoms with Gasteiger partial charge in [0.1, 0.15) is 0 Å². The lowest BCUT2D eigenvalue weighted by Crippen LogP contribution is -2.26. The number of fused-ring (bicyclic) bond motifs is 2. The van der Waals surface area contributed by atoms with Crippen molar-refractivity contribution in [3.8, 4) is 11.3 Å². The molecular weight excluding hydrogens is 363 g/mol. The summed E-state index contributed by atoms with van der Waals surface area (Å²) >= 11 is 0. The van der Waals surface area contributed by atoms with Gasteiger partial charge in [0.25, 0.3) is 0 Å². The molecule has 0 spiro atoms. The van der Waals surface area contributed by atoms with Crippen molar-refractivity contribution < 1.29 is 4.39 Å². The van der Waals surface area contributed by atoms with Gasteiger partial charge in [-0.05, 0) is 48.3 Å². The predicted molar refractivity (Wildman–Crippen MR) is 115 cm³/mol. The summed E-state index contributed by atoms with van der Waals surface area (Å²) in [6, 6.07) is 21.6. The highest BCUT2D eigenvalue weighted by Gasteiger charge is 2.23. The second-order valence-corrected chi connectivity index (χ2v) is 7.46. The number of benzene rings is 3. The minimum atomic E-state index is -0.170. The van der Waals surface area contributed by atoms with Crippen molar-refractivity contribution in [2.75, 3.05) is 25.0 Å². The van der Waals surface area contributed by atoms with Gasteiger partial charge in [-0.15, -0.1) is 0 Å². The first kappa shape index (κ1) is 17.8. The second kappa shape index (κ2) is 7.26. The fraction of sp³-hybridized carbons (Fsp3) is 0.167. The molecule has 1 aromatic heterocycles. The molecule has 0 saturated carbocycles. The van der Waals surface area contributed by atoms with E-state index in [-0.39, 0.29) is 5.82 Å². The van der Waals surface area contributed by atoms with Crippen LogP contribution in [0.2, 0.25) is 0 Å². The quantitative estimate of drug-likeness (QED) is 0.486. The van der Waals surface area contributed by atoms with Gasteiger partial charge in [-0.1, -0.05) is 36.4 Å². The van der Waals surface area contributed by atoms with Crippen molar-refractivity contribution in [3.63, 3.8) is 0 Å². The minimum absolute atomic E-state index is 0.170. The zero-order chi connectivity index (χ0) is 19.8. The number of likely N-dealkylation sites (N-methyl/N-ethyl adjacent to an activating group) is 1. The Bertz CT molecular complexity index is 1180. The van der Waals surface area contributed by atoms with Crippen LogP contribution in [0.25, 0.3) is 22.0 Å². The Kier molecular flexibility index (Phi) is 4.45. The molecule has 0 unspecified atom stereocenters. The third-order valence-electron chi connectivity index (χ3n) is 5.52. The molecule has 3 aromatic carbocycles. The number of hydrogen-bond acceptors (Lipinski definition) is 4. The van der Waals surface area contributed by atoms with Gasteiger partial charge in [-0.2, -0.15) is 10.2 Å². The molecule has 5 rings (SSSR count). The SMILES string of the molecule is CN1CCN(c2ccc3ccccc3c2F)c2ccc(-c3cccnn3)cc2C1. The van der Waals surface area contributed by atoms with E-state index in [4.69, 9.17) is 0 Å². The molecule has 4 aromatic rings. The van der Waals surface area contributed by atoms with Crippen molar-refractivity contribution in [1.29, 1.82) is 0 Å². The van der Waals surface area contributed by atoms with Gasteiger partial charge in [-0.3, -0.25) is 0 Å². The lowest BCUT2D eigenvalue weighted by atomic mass is 10.0. The van der Waals surface area contributed by atoms with Gasteiger partial charge in [0.05, 0.1) is 11.4 Å². The van der Waals surface area contributed by atoms with E-state index in [1.54, 1.807) is 6.20 Å². The zero-order valence-electron chi connectivity index (χ0n) is 16.2. The number of anilines is 2. The summed E-state index contributed by atoms with van der Waals surface area (Å²) in [6.07, 6.45) is 1.67. The summed E-state index contributed by atoms with van der Waals surface area (Å²) in [4.78, 5) is 4.36. The Morgan fingerprint density at radius 2 is 1.76 bits per heavy atom. The van der Waals surface area contributed by atoms with Crippen molar-refractivity contribution in [2.24, 2.45) is 0 Å². The monoisotopic (exact) mass is 384 g/mol. The first-order chi connectivity index (χ1) is 14.2. The normalized spacial score (nSPS) is 14.6. The van der Waals surface area contributed by atoms with Crippen LogP contribution in [0.5, 0.6) is 0 Å². The third-order valence-corrected chi connectivity index (χ3v) is 5.52. The average molecular weight is 384 g/mol. The molecular formula is C24H21FN4. The summed E-state index contributed by atoms with van der Waals surface area (Å²) in [5.74, 6) is -0.170. The van der Waals surface area contributed by atoms with E-state index in [9.17, 15) is 0 Å². The zero-order valence-corrected chi connectivity index (χ0v) is 16.2. The Hall–Kier alpha value is -3.31. The van der Waals surface area contributed by atoms with Crippen LogP contribution in [0, 0.1) is 5.82 Å². The van der Waals surface area contributed by atoms with Crippen LogP contribution in [0.3, 0.4) is 0 Å². The molecule has 0 N–H and O–H groups in total. The van der Waals surface area contributed by atoms with E-state index in [1.165, 1.54) is 0 Å². The van der Waals surface area contributed by atoms with E-state index < -0.39 is 0 Å². The number of halogens is 1. The van der Waals surface area contributed by atoms with E-state index in [2.05, 4.69) is 39.2 Å². The van der Waals surface area contributed by atoms with Crippen LogP contribution < -0.4 is 4.90 Å². The molecule has 5 heteroatoms. The molecule has 4 nitrogen and oxygen atoms in total. The van der Waals surface area contributed by atoms with Crippen LogP contribution in [0.15, 0.2) is 72.9 Å². The molecule has 0 atom stereocenters. The van der Waals surface area contributed by atoms with E-state index in [1.807, 2.05) is 54.6 Å². The summed E-state index contributed by atoms with van der Waals surface area (Å²) in [7, 11) is 2.10. The smallest absolute Gasteiger partial charge is 0.154 e. The molecule has 0 radical (unpaired) electrons. The molecule has 0 fully saturated rings. The predicted octanol–water partition coefficient (Wildman–Crippen LogP) is 5.02. The summed E-state index contributed by atoms with van der Waals surface area (Å²) in [5.41, 5.74) is 4.67. The largest absolute Gasteiger partial charge is 0.338 e. The molecule has 0 saturated heterocycles. The van der Waals surface area contributed by atoms with Crippen molar-refractivity contribution in [2.45, 2.75) is 6.54 Å². The third kappa shape index (κ3) is 3.23. The fourth-order valence-corrected chi connectivity index (χ4v) is 4.03. The first-order valence-electron chi connectivity index (χ1n) is 9.75. The summed E-state index contributed by atoms with van der Waals surface area (Å²) in [6.45, 7) is 2.37. The molecule has 29 heavy (non-hydrogen) atoms. The molecule has 0 amide bonds. The fourth-order valence-electron chi connectivity index (χ4n) is 4.03. The standard InChI is InChI=1S/C24H21FN4/c1-28-13-14-29(23-11-8-17-5-2-3-6-20(17)24(23)25)22-10-9-18(15-19(22)16-28)21-7-4-12-26-27-21/h2-12,15H,13-14,16H2,1H3. The van der Waals surface area contributed by atoms with Crippen LogP contribution >= 0.6 is 0 Å². The van der Waals surface area contributed by atoms with Gasteiger partial charge in [0, 0.05) is 42.5 Å². The van der Waals surface area contributed by atoms with Gasteiger partial charge >= 0.3 is 0 Å². The molecule has 2 heterocycles. The highest BCUT2D eigenvalue weighted by molar-refractivity contribution is 5.88. The van der Waals surface area contributed by atoms with Crippen LogP contribution in [-0.2, 0) is 6.54 Å². The Balaban J connectivity index is 1.64. The van der Waals surface area contributed by atoms with E-state index in [0.29, 0.717) is 11.1 Å². The summed E-state index contributed by atoms with van der Waals surface area (Å²) < 4.78 is 15.4. The lowest BCUT2D eigenvalue weighted by molar-refractivity contribution is 0.343. The summed E-state index contributed by atoms with van der Waals surface area (Å²) in [5, 5.41) is 9.79. The van der Waals surface area contributed by atoms with Crippen molar-refractivity contribution in [3.05, 3.63) is 84.3 Å². The minimum Gasteiger partial charge on any atom is -0.338 e. The number of aromatic nitrogens is 2. The van der Waals surface area contributed by atoms with Gasteiger partial charge in [-0.25, -0.2) is 4.39 Å². The molecule has 144 valence electrons.